The van der Waals surface area contributed by atoms with E-state index in [0.29, 0.717) is 100 Å². The van der Waals surface area contributed by atoms with Crippen LogP contribution in [0.1, 0.15) is 85.8 Å². The summed E-state index contributed by atoms with van der Waals surface area (Å²) in [5.41, 5.74) is 4.39. The molecule has 0 radical (unpaired) electrons. The molecule has 18 heteroatoms. The van der Waals surface area contributed by atoms with Gasteiger partial charge in [0.25, 0.3) is 17.6 Å². The molecule has 0 amide bonds. The molecule has 0 unspecified atom stereocenters. The van der Waals surface area contributed by atoms with Gasteiger partial charge in [-0.3, -0.25) is 32.7 Å². The van der Waals surface area contributed by atoms with E-state index in [0.717, 1.165) is 31.4 Å². The Morgan fingerprint density at radius 2 is 1.01 bits per heavy atom. The first-order chi connectivity index (χ1) is 33.8. The predicted octanol–water partition coefficient (Wildman–Crippen LogP) is 4.15. The van der Waals surface area contributed by atoms with Gasteiger partial charge in [0.1, 0.15) is 34.3 Å². The quantitative estimate of drug-likeness (QED) is 0.0725. The van der Waals surface area contributed by atoms with E-state index in [2.05, 4.69) is 43.7 Å². The summed E-state index contributed by atoms with van der Waals surface area (Å²) < 4.78 is 22.4. The third-order valence-corrected chi connectivity index (χ3v) is 12.0. The van der Waals surface area contributed by atoms with Gasteiger partial charge >= 0.3 is 30.2 Å². The Balaban J connectivity index is 0.000000304. The number of hydrogen-bond donors (Lipinski definition) is 1. The van der Waals surface area contributed by atoms with E-state index >= 15 is 0 Å². The molecule has 4 aromatic heterocycles. The first-order valence-electron chi connectivity index (χ1n) is 23.3. The second-order valence-corrected chi connectivity index (χ2v) is 17.6. The number of benzene rings is 4. The minimum absolute atomic E-state index is 0. The van der Waals surface area contributed by atoms with E-state index in [9.17, 15) is 29.1 Å². The van der Waals surface area contributed by atoms with Crippen molar-refractivity contribution in [1.82, 2.24) is 28.2 Å². The average Bonchev–Trinajstić information content (AvgIpc) is 3.36. The molecule has 0 spiro atoms. The molecule has 0 fully saturated rings. The van der Waals surface area contributed by atoms with Gasteiger partial charge in [-0.15, -0.1) is 0 Å². The van der Waals surface area contributed by atoms with E-state index in [4.69, 9.17) is 14.2 Å². The second-order valence-electron chi connectivity index (χ2n) is 17.6. The third-order valence-electron chi connectivity index (χ3n) is 12.0. The Bertz CT molecular complexity index is 3370. The number of pyridine rings is 2. The van der Waals surface area contributed by atoms with Gasteiger partial charge in [0.2, 0.25) is 0 Å². The number of rotatable bonds is 18. The molecule has 0 aliphatic heterocycles. The van der Waals surface area contributed by atoms with Crippen molar-refractivity contribution in [2.24, 2.45) is 14.1 Å². The first-order valence-corrected chi connectivity index (χ1v) is 23.3. The Labute approximate surface area is 434 Å². The average molecular weight is 989 g/mol. The van der Waals surface area contributed by atoms with Gasteiger partial charge in [0.05, 0.1) is 29.8 Å². The van der Waals surface area contributed by atoms with Gasteiger partial charge in [-0.25, -0.2) is 19.6 Å². The van der Waals surface area contributed by atoms with E-state index in [1.54, 1.807) is 26.5 Å². The van der Waals surface area contributed by atoms with Crippen LogP contribution in [0.4, 0.5) is 0 Å². The summed E-state index contributed by atoms with van der Waals surface area (Å²) in [5, 5.41) is 9.93. The summed E-state index contributed by atoms with van der Waals surface area (Å²) in [7, 11) is 3.19. The maximum atomic E-state index is 13.7. The predicted molar refractivity (Wildman–Crippen MR) is 276 cm³/mol. The molecule has 0 saturated heterocycles. The van der Waals surface area contributed by atoms with Crippen molar-refractivity contribution in [3.05, 3.63) is 197 Å². The minimum atomic E-state index is -0.477. The molecular weight excluding hydrogens is 928 g/mol. The van der Waals surface area contributed by atoms with Crippen molar-refractivity contribution < 1.29 is 53.9 Å². The zero-order chi connectivity index (χ0) is 49.9. The van der Waals surface area contributed by atoms with Crippen molar-refractivity contribution in [1.29, 1.82) is 0 Å². The topological polar surface area (TPSA) is 240 Å². The molecule has 17 nitrogen and oxygen atoms in total. The van der Waals surface area contributed by atoms with Gasteiger partial charge in [-0.2, -0.15) is 0 Å². The summed E-state index contributed by atoms with van der Waals surface area (Å²) in [5.74, 6) is 2.91. The molecule has 73 heavy (non-hydrogen) atoms. The number of fused-ring (bicyclic) bond motifs is 2. The number of aryl methyl sites for hydroxylation is 2. The standard InChI is InChI=1S/C28H29N3O5.C27H29N3O4.Li.2H2O/c1-19(2)21-11-7-12-22(16-21)36-24-17-29-26-25(23(24)15-20-9-5-4-6-10-20)27(33)31(28(34)30(26)3)13-8-14-35-18-32;1-18(2)20-11-7-12-21(16-20)34-23-17-28-25-24(22(23)15-19-9-5-4-6-10-19)26(32)30(13-8-14-31)27(33)29(25)3;;;/h4-7,9-12,16-19H,8,13-15H2,1-3H3;4-7,9-12,16-18,31H,8,13-15H2,1-3H3;;2*1H2/q;;+1;;/p-1. The number of hydrogen-bond acceptors (Lipinski definition) is 12. The van der Waals surface area contributed by atoms with Crippen LogP contribution in [0.25, 0.3) is 22.1 Å². The first kappa shape index (κ1) is 58.2. The molecule has 8 rings (SSSR count). The van der Waals surface area contributed by atoms with Crippen LogP contribution in [0.15, 0.2) is 141 Å². The molecule has 4 aromatic carbocycles. The van der Waals surface area contributed by atoms with E-state index in [1.165, 1.54) is 9.13 Å². The summed E-state index contributed by atoms with van der Waals surface area (Å²) in [6.45, 7) is 9.05. The summed E-state index contributed by atoms with van der Waals surface area (Å²) in [4.78, 5) is 72.4. The Kier molecular flexibility index (Phi) is 21.4. The summed E-state index contributed by atoms with van der Waals surface area (Å²) >= 11 is 0. The Morgan fingerprint density at radius 1 is 0.603 bits per heavy atom. The van der Waals surface area contributed by atoms with Crippen molar-refractivity contribution >= 4 is 28.5 Å². The van der Waals surface area contributed by atoms with Crippen LogP contribution in [0, 0.1) is 0 Å². The van der Waals surface area contributed by atoms with Crippen LogP contribution in [0.5, 0.6) is 23.0 Å². The summed E-state index contributed by atoms with van der Waals surface area (Å²) in [6, 6.07) is 35.3. The fourth-order valence-corrected chi connectivity index (χ4v) is 8.22. The maximum absolute atomic E-state index is 13.7. The van der Waals surface area contributed by atoms with Gasteiger partial charge in [0.15, 0.2) is 0 Å². The Hall–Kier alpha value is -7.39. The molecule has 8 aromatic rings. The molecule has 4 heterocycles. The van der Waals surface area contributed by atoms with Gasteiger partial charge in [-0.05, 0) is 71.2 Å². The van der Waals surface area contributed by atoms with Gasteiger partial charge in [-0.1, -0.05) is 113 Å². The van der Waals surface area contributed by atoms with Crippen LogP contribution < -0.4 is 50.8 Å². The van der Waals surface area contributed by atoms with Crippen LogP contribution in [0.3, 0.4) is 0 Å². The van der Waals surface area contributed by atoms with Crippen molar-refractivity contribution in [2.45, 2.75) is 78.3 Å². The molecule has 0 bridgehead atoms. The molecule has 4 N–H and O–H groups in total. The fraction of sp³-hybridized carbons (Fsp3) is 0.291. The van der Waals surface area contributed by atoms with Crippen molar-refractivity contribution in [2.75, 3.05) is 13.2 Å². The number of carbonyl (C=O) groups excluding carboxylic acids is 1. The molecule has 0 aliphatic carbocycles. The van der Waals surface area contributed by atoms with Crippen molar-refractivity contribution in [3.8, 4) is 23.0 Å². The van der Waals surface area contributed by atoms with E-state index < -0.39 is 22.5 Å². The normalized spacial score (nSPS) is 10.8. The second kappa shape index (κ2) is 26.9. The fourth-order valence-electron chi connectivity index (χ4n) is 8.22. The number of aliphatic hydroxyl groups is 1. The van der Waals surface area contributed by atoms with E-state index in [-0.39, 0.29) is 56.1 Å². The van der Waals surface area contributed by atoms with E-state index in [1.807, 2.05) is 103 Å². The number of ether oxygens (including phenoxy) is 3. The monoisotopic (exact) mass is 988 g/mol. The van der Waals surface area contributed by atoms with Crippen LogP contribution in [-0.4, -0.2) is 64.0 Å². The van der Waals surface area contributed by atoms with Gasteiger partial charge in [0, 0.05) is 57.8 Å². The number of carbonyl (C=O) groups is 1. The number of aromatic nitrogens is 6. The Morgan fingerprint density at radius 3 is 1.40 bits per heavy atom. The summed E-state index contributed by atoms with van der Waals surface area (Å²) in [6.07, 6.45) is 4.65. The molecule has 378 valence electrons. The zero-order valence-electron chi connectivity index (χ0n) is 42.3. The van der Waals surface area contributed by atoms with Crippen LogP contribution in [-0.2, 0) is 49.6 Å². The molecule has 0 atom stereocenters. The van der Waals surface area contributed by atoms with Gasteiger partial charge < -0.3 is 30.3 Å². The largest absolute Gasteiger partial charge is 1.00 e. The SMILES string of the molecule is CC(C)c1cccc(Oc2cnc3c(c2Cc2ccccc2)c(=O)n(CCCO)c(=O)n3C)c1.CC(C)c1cccc(Oc2cnc3c(c2Cc2ccccc2)c(=O)n(CCCOC=O)c(=O)n3C)c1.O.[Li+].[OH-]. The third kappa shape index (κ3) is 13.6. The number of aliphatic hydroxyl groups excluding tert-OH is 1. The van der Waals surface area contributed by atoms with Crippen LogP contribution >= 0.6 is 0 Å². The molecule has 0 saturated carbocycles. The minimum Gasteiger partial charge on any atom is -0.870 e. The molecular formula is C55H61LiN6O11. The number of nitrogens with zero attached hydrogens (tertiary/aromatic N) is 6. The zero-order valence-corrected chi connectivity index (χ0v) is 42.3. The maximum Gasteiger partial charge on any atom is 1.00 e. The van der Waals surface area contributed by atoms with Crippen LogP contribution in [0.2, 0.25) is 0 Å². The molecule has 0 aliphatic rings. The van der Waals surface area contributed by atoms with Crippen molar-refractivity contribution in [3.63, 3.8) is 0 Å². The smallest absolute Gasteiger partial charge is 0.870 e.